The Morgan fingerprint density at radius 2 is 1.95 bits per heavy atom. The van der Waals surface area contributed by atoms with E-state index in [1.165, 1.54) is 46.6 Å². The zero-order valence-electron chi connectivity index (χ0n) is 12.7. The van der Waals surface area contributed by atoms with Crippen LogP contribution in [0.1, 0.15) is 58.6 Å². The monoisotopic (exact) mass is 331 g/mol. The number of rotatable bonds is 2. The molecule has 1 amide bonds. The first-order valence-corrected chi connectivity index (χ1v) is 10.0. The predicted octanol–water partition coefficient (Wildman–Crippen LogP) is 5.03. The van der Waals surface area contributed by atoms with E-state index in [-0.39, 0.29) is 5.91 Å². The highest BCUT2D eigenvalue weighted by atomic mass is 32.1. The van der Waals surface area contributed by atoms with Crippen LogP contribution in [0.3, 0.4) is 0 Å². The topological polar surface area (TPSA) is 29.1 Å². The summed E-state index contributed by atoms with van der Waals surface area (Å²) >= 11 is 3.52. The lowest BCUT2D eigenvalue weighted by atomic mass is 9.98. The molecule has 2 aliphatic rings. The Bertz CT molecular complexity index is 677. The molecule has 1 fully saturated rings. The molecule has 0 atom stereocenters. The van der Waals surface area contributed by atoms with Crippen molar-refractivity contribution in [1.29, 1.82) is 0 Å². The minimum atomic E-state index is 0.142. The van der Waals surface area contributed by atoms with E-state index in [0.29, 0.717) is 6.04 Å². The fraction of sp³-hybridized carbons (Fsp3) is 0.500. The number of amides is 1. The van der Waals surface area contributed by atoms with Crippen LogP contribution in [-0.4, -0.2) is 11.9 Å². The summed E-state index contributed by atoms with van der Waals surface area (Å²) in [5.41, 5.74) is 2.73. The zero-order chi connectivity index (χ0) is 14.9. The van der Waals surface area contributed by atoms with Gasteiger partial charge in [-0.1, -0.05) is 25.7 Å². The lowest BCUT2D eigenvalue weighted by molar-refractivity contribution is 0.0937. The summed E-state index contributed by atoms with van der Waals surface area (Å²) in [6.07, 6.45) is 9.64. The molecule has 2 nitrogen and oxygen atoms in total. The molecule has 0 aromatic carbocycles. The Morgan fingerprint density at radius 1 is 1.14 bits per heavy atom. The van der Waals surface area contributed by atoms with Gasteiger partial charge in [0.05, 0.1) is 4.88 Å². The van der Waals surface area contributed by atoms with Crippen molar-refractivity contribution in [2.45, 2.75) is 57.4 Å². The first kappa shape index (κ1) is 14.5. The van der Waals surface area contributed by atoms with E-state index in [1.807, 2.05) is 11.3 Å². The summed E-state index contributed by atoms with van der Waals surface area (Å²) in [7, 11) is 0. The standard InChI is InChI=1S/C18H21NOS2/c20-18(19-13-5-3-1-2-4-6-13)16-11-12-7-8-15-14(9-10-21-15)17(12)22-16/h9-11,13H,1-8H2,(H,19,20). The second-order valence-corrected chi connectivity index (χ2v) is 8.44. The number of carbonyl (C=O) groups is 1. The molecule has 2 aromatic heterocycles. The van der Waals surface area contributed by atoms with Crippen molar-refractivity contribution < 1.29 is 4.79 Å². The molecule has 0 aliphatic heterocycles. The quantitative estimate of drug-likeness (QED) is 0.769. The van der Waals surface area contributed by atoms with Gasteiger partial charge in [0.1, 0.15) is 0 Å². The molecule has 4 heteroatoms. The van der Waals surface area contributed by atoms with Crippen LogP contribution in [0.2, 0.25) is 0 Å². The average Bonchev–Trinajstić information content (AvgIpc) is 3.08. The number of fused-ring (bicyclic) bond motifs is 3. The molecular weight excluding hydrogens is 310 g/mol. The van der Waals surface area contributed by atoms with Crippen LogP contribution in [0, 0.1) is 0 Å². The third-order valence-electron chi connectivity index (χ3n) is 4.83. The molecule has 1 saturated carbocycles. The highest BCUT2D eigenvalue weighted by molar-refractivity contribution is 7.18. The van der Waals surface area contributed by atoms with Gasteiger partial charge < -0.3 is 5.32 Å². The summed E-state index contributed by atoms with van der Waals surface area (Å²) in [5.74, 6) is 0.142. The number of hydrogen-bond donors (Lipinski definition) is 1. The van der Waals surface area contributed by atoms with Crippen LogP contribution < -0.4 is 5.32 Å². The Balaban J connectivity index is 1.53. The van der Waals surface area contributed by atoms with Crippen LogP contribution in [-0.2, 0) is 12.8 Å². The molecule has 2 heterocycles. The Hall–Kier alpha value is -1.13. The molecule has 4 rings (SSSR count). The predicted molar refractivity (Wildman–Crippen MR) is 94.0 cm³/mol. The molecule has 116 valence electrons. The normalized spacial score (nSPS) is 18.4. The van der Waals surface area contributed by atoms with Crippen molar-refractivity contribution in [3.63, 3.8) is 0 Å². The van der Waals surface area contributed by atoms with E-state index in [2.05, 4.69) is 22.8 Å². The average molecular weight is 332 g/mol. The fourth-order valence-corrected chi connectivity index (χ4v) is 5.74. The van der Waals surface area contributed by atoms with E-state index in [9.17, 15) is 4.79 Å². The van der Waals surface area contributed by atoms with E-state index < -0.39 is 0 Å². The lowest BCUT2D eigenvalue weighted by Gasteiger charge is -2.15. The van der Waals surface area contributed by atoms with Crippen LogP contribution in [0.5, 0.6) is 0 Å². The molecule has 0 saturated heterocycles. The highest BCUT2D eigenvalue weighted by Gasteiger charge is 2.23. The minimum Gasteiger partial charge on any atom is -0.349 e. The van der Waals surface area contributed by atoms with Crippen LogP contribution in [0.4, 0.5) is 0 Å². The van der Waals surface area contributed by atoms with E-state index in [0.717, 1.165) is 30.6 Å². The summed E-state index contributed by atoms with van der Waals surface area (Å²) in [6, 6.07) is 4.72. The fourth-order valence-electron chi connectivity index (χ4n) is 3.62. The Kier molecular flexibility index (Phi) is 4.05. The van der Waals surface area contributed by atoms with Gasteiger partial charge in [0.2, 0.25) is 0 Å². The summed E-state index contributed by atoms with van der Waals surface area (Å²) in [5, 5.41) is 5.45. The number of thiophene rings is 2. The van der Waals surface area contributed by atoms with E-state index in [1.54, 1.807) is 11.3 Å². The third kappa shape index (κ3) is 2.74. The smallest absolute Gasteiger partial charge is 0.261 e. The van der Waals surface area contributed by atoms with Gasteiger partial charge in [0.25, 0.3) is 5.91 Å². The van der Waals surface area contributed by atoms with Gasteiger partial charge in [0.15, 0.2) is 0 Å². The number of carbonyl (C=O) groups excluding carboxylic acids is 1. The van der Waals surface area contributed by atoms with Crippen molar-refractivity contribution in [1.82, 2.24) is 5.32 Å². The molecule has 2 aromatic rings. The number of aryl methyl sites for hydroxylation is 2. The highest BCUT2D eigenvalue weighted by Crippen LogP contribution is 2.41. The first-order valence-electron chi connectivity index (χ1n) is 8.31. The second-order valence-electron chi connectivity index (χ2n) is 6.38. The second kappa shape index (κ2) is 6.17. The maximum absolute atomic E-state index is 12.6. The molecule has 22 heavy (non-hydrogen) atoms. The maximum Gasteiger partial charge on any atom is 0.261 e. The van der Waals surface area contributed by atoms with Gasteiger partial charge in [0, 0.05) is 21.4 Å². The van der Waals surface area contributed by atoms with Crippen molar-refractivity contribution in [2.24, 2.45) is 0 Å². The molecule has 0 spiro atoms. The molecule has 0 radical (unpaired) electrons. The van der Waals surface area contributed by atoms with Gasteiger partial charge in [-0.3, -0.25) is 4.79 Å². The van der Waals surface area contributed by atoms with Crippen LogP contribution in [0.15, 0.2) is 17.5 Å². The van der Waals surface area contributed by atoms with Gasteiger partial charge in [-0.15, -0.1) is 22.7 Å². The summed E-state index contributed by atoms with van der Waals surface area (Å²) in [6.45, 7) is 0. The van der Waals surface area contributed by atoms with Gasteiger partial charge >= 0.3 is 0 Å². The lowest BCUT2D eigenvalue weighted by Crippen LogP contribution is -2.33. The van der Waals surface area contributed by atoms with Crippen LogP contribution >= 0.6 is 22.7 Å². The number of nitrogens with one attached hydrogen (secondary N) is 1. The summed E-state index contributed by atoms with van der Waals surface area (Å²) in [4.78, 5) is 16.3. The molecule has 1 N–H and O–H groups in total. The van der Waals surface area contributed by atoms with Crippen molar-refractivity contribution in [3.8, 4) is 10.4 Å². The molecule has 2 aliphatic carbocycles. The molecule has 0 bridgehead atoms. The van der Waals surface area contributed by atoms with Gasteiger partial charge in [-0.2, -0.15) is 0 Å². The molecular formula is C18H21NOS2. The zero-order valence-corrected chi connectivity index (χ0v) is 14.3. The number of hydrogen-bond acceptors (Lipinski definition) is 3. The first-order chi connectivity index (χ1) is 10.8. The largest absolute Gasteiger partial charge is 0.349 e. The maximum atomic E-state index is 12.6. The van der Waals surface area contributed by atoms with Crippen molar-refractivity contribution in [3.05, 3.63) is 32.8 Å². The van der Waals surface area contributed by atoms with Crippen molar-refractivity contribution >= 4 is 28.6 Å². The third-order valence-corrected chi connectivity index (χ3v) is 7.02. The van der Waals surface area contributed by atoms with Gasteiger partial charge in [-0.25, -0.2) is 0 Å². The van der Waals surface area contributed by atoms with Crippen molar-refractivity contribution in [2.75, 3.05) is 0 Å². The Labute approximate surface area is 139 Å². The SMILES string of the molecule is O=C(NC1CCCCCC1)c1cc2c(s1)-c1ccsc1CC2. The minimum absolute atomic E-state index is 0.142. The van der Waals surface area contributed by atoms with Gasteiger partial charge in [-0.05, 0) is 48.8 Å². The van der Waals surface area contributed by atoms with E-state index in [4.69, 9.17) is 0 Å². The van der Waals surface area contributed by atoms with Crippen LogP contribution in [0.25, 0.3) is 10.4 Å². The molecule has 0 unspecified atom stereocenters. The summed E-state index contributed by atoms with van der Waals surface area (Å²) < 4.78 is 0. The van der Waals surface area contributed by atoms with E-state index >= 15 is 0 Å². The Morgan fingerprint density at radius 3 is 2.77 bits per heavy atom.